The quantitative estimate of drug-likeness (QED) is 0.266. The molecule has 2 heterocycles. The molecule has 2 aromatic carbocycles. The van der Waals surface area contributed by atoms with Crippen LogP contribution in [0.3, 0.4) is 0 Å². The van der Waals surface area contributed by atoms with Gasteiger partial charge in [-0.05, 0) is 24.6 Å². The highest BCUT2D eigenvalue weighted by Crippen LogP contribution is 2.40. The van der Waals surface area contributed by atoms with Crippen LogP contribution in [0.25, 0.3) is 10.2 Å². The van der Waals surface area contributed by atoms with Crippen molar-refractivity contribution in [2.75, 3.05) is 24.9 Å². The Kier molecular flexibility index (Phi) is 5.93. The lowest BCUT2D eigenvalue weighted by Crippen LogP contribution is -2.06. The van der Waals surface area contributed by atoms with E-state index in [0.29, 0.717) is 27.3 Å². The lowest BCUT2D eigenvalue weighted by atomic mass is 10.2. The molecule has 2 aromatic heterocycles. The summed E-state index contributed by atoms with van der Waals surface area (Å²) in [5, 5.41) is 18.6. The second kappa shape index (κ2) is 8.81. The molecule has 0 bridgehead atoms. The van der Waals surface area contributed by atoms with Gasteiger partial charge in [-0.25, -0.2) is 15.0 Å². The Morgan fingerprint density at radius 1 is 1.09 bits per heavy atom. The van der Waals surface area contributed by atoms with Gasteiger partial charge in [0.2, 0.25) is 11.6 Å². The van der Waals surface area contributed by atoms with E-state index in [1.54, 1.807) is 6.07 Å². The monoisotopic (exact) mass is 472 g/mol. The lowest BCUT2D eigenvalue weighted by molar-refractivity contribution is -0.383. The number of nitrogens with zero attached hydrogens (tertiary/aromatic N) is 4. The van der Waals surface area contributed by atoms with E-state index in [-0.39, 0.29) is 17.3 Å². The molecule has 0 spiro atoms. The highest BCUT2D eigenvalue weighted by molar-refractivity contribution is 7.22. The number of nitro groups is 1. The number of para-hydroxylation sites is 1. The van der Waals surface area contributed by atoms with E-state index in [0.717, 1.165) is 15.8 Å². The fraction of sp³-hybridized carbons (Fsp3) is 0.150. The Morgan fingerprint density at radius 3 is 2.47 bits per heavy atom. The zero-order chi connectivity index (χ0) is 22.8. The average Bonchev–Trinajstić information content (AvgIpc) is 3.18. The van der Waals surface area contributed by atoms with Gasteiger partial charge in [-0.2, -0.15) is 0 Å². The first kappa shape index (κ1) is 21.5. The van der Waals surface area contributed by atoms with Crippen molar-refractivity contribution in [1.29, 1.82) is 0 Å². The molecule has 10 nitrogen and oxygen atoms in total. The third-order valence-electron chi connectivity index (χ3n) is 4.58. The highest BCUT2D eigenvalue weighted by Gasteiger charge is 2.25. The molecule has 4 rings (SSSR count). The molecule has 0 amide bonds. The van der Waals surface area contributed by atoms with E-state index >= 15 is 0 Å². The molecule has 0 unspecified atom stereocenters. The summed E-state index contributed by atoms with van der Waals surface area (Å²) in [6.45, 7) is 1.95. The molecular formula is C20H17ClN6O4S. The largest absolute Gasteiger partial charge is 0.495 e. The Morgan fingerprint density at radius 2 is 1.81 bits per heavy atom. The maximum Gasteiger partial charge on any atom is 0.353 e. The Balaban J connectivity index is 1.73. The van der Waals surface area contributed by atoms with Crippen LogP contribution in [0.4, 0.5) is 28.1 Å². The lowest BCUT2D eigenvalue weighted by Gasteiger charge is -2.14. The van der Waals surface area contributed by atoms with Gasteiger partial charge in [-0.1, -0.05) is 35.1 Å². The first-order valence-electron chi connectivity index (χ1n) is 9.22. The minimum atomic E-state index is -0.569. The summed E-state index contributed by atoms with van der Waals surface area (Å²) in [4.78, 5) is 24.0. The topological polar surface area (TPSA) is 124 Å². The zero-order valence-corrected chi connectivity index (χ0v) is 18.7. The molecule has 0 radical (unpaired) electrons. The van der Waals surface area contributed by atoms with Gasteiger partial charge in [0.05, 0.1) is 40.1 Å². The molecule has 0 aliphatic carbocycles. The number of rotatable bonds is 7. The summed E-state index contributed by atoms with van der Waals surface area (Å²) < 4.78 is 11.5. The number of hydrogen-bond acceptors (Lipinski definition) is 10. The molecule has 4 aromatic rings. The Labute approximate surface area is 191 Å². The number of hydrogen-bond donors (Lipinski definition) is 2. The number of methoxy groups -OCH3 is 2. The molecule has 0 aliphatic rings. The predicted molar refractivity (Wildman–Crippen MR) is 124 cm³/mol. The SMILES string of the molecule is COc1cc(OC)c(Nc2ncnc(Nc3nc4c(C)cccc4s3)c2[N+](=O)[O-])cc1Cl. The molecule has 32 heavy (non-hydrogen) atoms. The van der Waals surface area contributed by atoms with Crippen LogP contribution in [-0.4, -0.2) is 34.1 Å². The molecule has 0 saturated carbocycles. The molecule has 0 fully saturated rings. The summed E-state index contributed by atoms with van der Waals surface area (Å²) in [5.74, 6) is 0.738. The van der Waals surface area contributed by atoms with E-state index in [9.17, 15) is 10.1 Å². The summed E-state index contributed by atoms with van der Waals surface area (Å²) in [6, 6.07) is 8.93. The molecule has 0 saturated heterocycles. The molecule has 164 valence electrons. The number of fused-ring (bicyclic) bond motifs is 1. The van der Waals surface area contributed by atoms with E-state index in [1.165, 1.54) is 38.0 Å². The number of halogens is 1. The zero-order valence-electron chi connectivity index (χ0n) is 17.2. The first-order chi connectivity index (χ1) is 15.4. The van der Waals surface area contributed by atoms with Gasteiger partial charge in [0, 0.05) is 6.07 Å². The van der Waals surface area contributed by atoms with Crippen molar-refractivity contribution in [3.63, 3.8) is 0 Å². The summed E-state index contributed by atoms with van der Waals surface area (Å²) in [7, 11) is 2.94. The molecule has 0 aliphatic heterocycles. The van der Waals surface area contributed by atoms with E-state index in [2.05, 4.69) is 25.6 Å². The predicted octanol–water partition coefficient (Wildman–Crippen LogP) is 5.46. The normalized spacial score (nSPS) is 10.8. The standard InChI is InChI=1S/C20H17ClN6O4S/c1-10-5-4-6-15-16(10)25-20(32-15)26-19-17(27(28)29)18(22-9-23-19)24-12-7-11(21)13(30-2)8-14(12)31-3/h4-9H,1-3H3,(H2,22,23,24,25,26). The van der Waals surface area contributed by atoms with Gasteiger partial charge < -0.3 is 20.1 Å². The van der Waals surface area contributed by atoms with Crippen LogP contribution in [-0.2, 0) is 0 Å². The number of aromatic nitrogens is 3. The molecular weight excluding hydrogens is 456 g/mol. The Bertz CT molecular complexity index is 1330. The van der Waals surface area contributed by atoms with Crippen molar-refractivity contribution in [1.82, 2.24) is 15.0 Å². The molecule has 12 heteroatoms. The van der Waals surface area contributed by atoms with Gasteiger partial charge in [0.1, 0.15) is 17.8 Å². The molecule has 2 N–H and O–H groups in total. The van der Waals surface area contributed by atoms with Gasteiger partial charge in [0.15, 0.2) is 5.13 Å². The smallest absolute Gasteiger partial charge is 0.353 e. The second-order valence-electron chi connectivity index (χ2n) is 6.55. The Hall–Kier alpha value is -3.70. The number of ether oxygens (including phenoxy) is 2. The van der Waals surface area contributed by atoms with E-state index < -0.39 is 4.92 Å². The number of anilines is 4. The first-order valence-corrected chi connectivity index (χ1v) is 10.4. The van der Waals surface area contributed by atoms with Crippen LogP contribution in [0.2, 0.25) is 5.02 Å². The van der Waals surface area contributed by atoms with Crippen molar-refractivity contribution in [3.8, 4) is 11.5 Å². The highest BCUT2D eigenvalue weighted by atomic mass is 35.5. The van der Waals surface area contributed by atoms with Gasteiger partial charge in [-0.15, -0.1) is 0 Å². The maximum absolute atomic E-state index is 11.9. The number of nitrogens with one attached hydrogen (secondary N) is 2. The summed E-state index contributed by atoms with van der Waals surface area (Å²) >= 11 is 7.58. The van der Waals surface area contributed by atoms with Gasteiger partial charge in [-0.3, -0.25) is 10.1 Å². The second-order valence-corrected chi connectivity index (χ2v) is 7.99. The fourth-order valence-electron chi connectivity index (χ4n) is 3.06. The van der Waals surface area contributed by atoms with Crippen molar-refractivity contribution in [3.05, 3.63) is 57.4 Å². The summed E-state index contributed by atoms with van der Waals surface area (Å²) in [6.07, 6.45) is 1.22. The average molecular weight is 473 g/mol. The number of aryl methyl sites for hydroxylation is 1. The molecule has 0 atom stereocenters. The minimum absolute atomic E-state index is 0.00258. The van der Waals surface area contributed by atoms with E-state index in [1.807, 2.05) is 25.1 Å². The van der Waals surface area contributed by atoms with E-state index in [4.69, 9.17) is 21.1 Å². The van der Waals surface area contributed by atoms with Crippen molar-refractivity contribution >= 4 is 61.3 Å². The van der Waals surface area contributed by atoms with Gasteiger partial charge >= 0.3 is 5.69 Å². The van der Waals surface area contributed by atoms with Crippen LogP contribution >= 0.6 is 22.9 Å². The maximum atomic E-state index is 11.9. The third kappa shape index (κ3) is 4.07. The van der Waals surface area contributed by atoms with Crippen LogP contribution in [0.15, 0.2) is 36.7 Å². The van der Waals surface area contributed by atoms with Gasteiger partial charge in [0.25, 0.3) is 0 Å². The van der Waals surface area contributed by atoms with Crippen molar-refractivity contribution < 1.29 is 14.4 Å². The summed E-state index contributed by atoms with van der Waals surface area (Å²) in [5.41, 5.74) is 1.86. The van der Waals surface area contributed by atoms with Crippen molar-refractivity contribution in [2.45, 2.75) is 6.92 Å². The number of thiazole rings is 1. The minimum Gasteiger partial charge on any atom is -0.495 e. The van der Waals surface area contributed by atoms with Crippen LogP contribution in [0.1, 0.15) is 5.56 Å². The van der Waals surface area contributed by atoms with Crippen LogP contribution in [0, 0.1) is 17.0 Å². The van der Waals surface area contributed by atoms with Crippen LogP contribution < -0.4 is 20.1 Å². The number of benzene rings is 2. The van der Waals surface area contributed by atoms with Crippen molar-refractivity contribution in [2.24, 2.45) is 0 Å². The fourth-order valence-corrected chi connectivity index (χ4v) is 4.24. The third-order valence-corrected chi connectivity index (χ3v) is 5.81. The van der Waals surface area contributed by atoms with Crippen LogP contribution in [0.5, 0.6) is 11.5 Å².